The SMILES string of the molecule is CN1[C@@H](C(=O)Nc2ccccc2)[C@]2(O)CC[C@]13[C@H]1Cc4ccc(O)c5c4[C@@]3(CCN1CC1CC1)[C@H]2O5.Cl.Cl. The lowest BCUT2D eigenvalue weighted by atomic mass is 9.41. The molecule has 204 valence electrons. The van der Waals surface area contributed by atoms with Gasteiger partial charge in [-0.15, -0.1) is 24.8 Å². The second kappa shape index (κ2) is 8.48. The number of hydrogen-bond donors (Lipinski definition) is 3. The summed E-state index contributed by atoms with van der Waals surface area (Å²) in [5, 5.41) is 26.4. The summed E-state index contributed by atoms with van der Waals surface area (Å²) in [5.41, 5.74) is 0.907. The molecule has 4 heterocycles. The molecule has 0 unspecified atom stereocenters. The van der Waals surface area contributed by atoms with E-state index >= 15 is 0 Å². The van der Waals surface area contributed by atoms with E-state index in [1.54, 1.807) is 6.07 Å². The number of carbonyl (C=O) groups is 1. The Morgan fingerprint density at radius 1 is 1.11 bits per heavy atom. The number of phenols is 1. The number of likely N-dealkylation sites (N-methyl/N-ethyl adjacent to an activating group) is 1. The maximum atomic E-state index is 13.9. The molecule has 2 saturated carbocycles. The average Bonchev–Trinajstić information content (AvgIpc) is 3.60. The van der Waals surface area contributed by atoms with Crippen molar-refractivity contribution in [2.45, 2.75) is 73.3 Å². The molecule has 5 fully saturated rings. The predicted molar refractivity (Wildman–Crippen MR) is 149 cm³/mol. The van der Waals surface area contributed by atoms with Crippen LogP contribution in [0.1, 0.15) is 43.2 Å². The first-order valence-corrected chi connectivity index (χ1v) is 13.5. The minimum atomic E-state index is -1.36. The van der Waals surface area contributed by atoms with Crippen molar-refractivity contribution in [1.29, 1.82) is 0 Å². The maximum absolute atomic E-state index is 13.9. The second-order valence-corrected chi connectivity index (χ2v) is 12.1. The molecule has 7 nitrogen and oxygen atoms in total. The number of amides is 1. The standard InChI is InChI=1S/C29H33N3O4.2ClH/c1-31-24(25(34)30-19-5-3-2-4-6-19)28(35)11-12-29(31)21-15-18-9-10-20(33)23-22(18)27(29,26(28)36-23)13-14-32(21)16-17-7-8-17;;/h2-6,9-10,17,21,24,26,33,35H,7-8,11-16H2,1H3,(H,30,34);2*1H/t21-,24+,26-,27+,28-,29-;;/m1../s1. The van der Waals surface area contributed by atoms with Gasteiger partial charge < -0.3 is 20.3 Å². The molecule has 3 saturated heterocycles. The van der Waals surface area contributed by atoms with Gasteiger partial charge in [0.2, 0.25) is 5.91 Å². The van der Waals surface area contributed by atoms with E-state index in [1.165, 1.54) is 18.4 Å². The number of piperidine rings is 3. The molecule has 0 aromatic heterocycles. The molecule has 2 aromatic rings. The molecule has 38 heavy (non-hydrogen) atoms. The highest BCUT2D eigenvalue weighted by atomic mass is 35.5. The largest absolute Gasteiger partial charge is 0.504 e. The number of halogens is 2. The van der Waals surface area contributed by atoms with E-state index in [2.05, 4.69) is 28.2 Å². The van der Waals surface area contributed by atoms with Gasteiger partial charge in [0.25, 0.3) is 0 Å². The number of anilines is 1. The first-order chi connectivity index (χ1) is 17.4. The molecule has 3 aliphatic carbocycles. The topological polar surface area (TPSA) is 85.3 Å². The first kappa shape index (κ1) is 26.2. The van der Waals surface area contributed by atoms with Crippen LogP contribution in [0.4, 0.5) is 5.69 Å². The molecular weight excluding hydrogens is 525 g/mol. The smallest absolute Gasteiger partial charge is 0.244 e. The molecule has 9 rings (SSSR count). The van der Waals surface area contributed by atoms with Crippen LogP contribution in [-0.2, 0) is 16.6 Å². The van der Waals surface area contributed by atoms with E-state index in [9.17, 15) is 15.0 Å². The van der Waals surface area contributed by atoms with Crippen molar-refractivity contribution >= 4 is 36.4 Å². The van der Waals surface area contributed by atoms with Gasteiger partial charge in [0.1, 0.15) is 17.7 Å². The number of ether oxygens (including phenoxy) is 1. The number of rotatable bonds is 4. The number of phenolic OH excluding ortho intramolecular Hbond substituents is 1. The molecule has 2 spiro atoms. The molecular formula is C29H35Cl2N3O4. The third-order valence-electron chi connectivity index (χ3n) is 10.7. The Labute approximate surface area is 235 Å². The summed E-state index contributed by atoms with van der Waals surface area (Å²) in [4.78, 5) is 18.9. The molecule has 0 radical (unpaired) electrons. The van der Waals surface area contributed by atoms with E-state index in [1.807, 2.05) is 30.3 Å². The van der Waals surface area contributed by atoms with Gasteiger partial charge in [0.05, 0.1) is 11.0 Å². The lowest BCUT2D eigenvalue weighted by Crippen LogP contribution is -2.92. The molecule has 1 amide bonds. The maximum Gasteiger partial charge on any atom is 0.244 e. The first-order valence-electron chi connectivity index (χ1n) is 13.5. The van der Waals surface area contributed by atoms with Crippen LogP contribution in [0, 0.1) is 5.92 Å². The monoisotopic (exact) mass is 559 g/mol. The van der Waals surface area contributed by atoms with Crippen molar-refractivity contribution in [3.05, 3.63) is 53.6 Å². The number of aromatic hydroxyl groups is 1. The zero-order valence-corrected chi connectivity index (χ0v) is 23.1. The molecule has 4 aliphatic heterocycles. The predicted octanol–water partition coefficient (Wildman–Crippen LogP) is 3.49. The van der Waals surface area contributed by atoms with E-state index in [4.69, 9.17) is 4.74 Å². The highest BCUT2D eigenvalue weighted by Gasteiger charge is 2.83. The number of hydrogen-bond acceptors (Lipinski definition) is 6. The minimum absolute atomic E-state index is 0. The van der Waals surface area contributed by atoms with Crippen LogP contribution in [0.2, 0.25) is 0 Å². The van der Waals surface area contributed by atoms with E-state index in [-0.39, 0.29) is 48.1 Å². The van der Waals surface area contributed by atoms with Crippen molar-refractivity contribution in [3.63, 3.8) is 0 Å². The fourth-order valence-corrected chi connectivity index (χ4v) is 9.24. The molecule has 3 N–H and O–H groups in total. The molecule has 2 aromatic carbocycles. The van der Waals surface area contributed by atoms with Gasteiger partial charge in [-0.05, 0) is 81.8 Å². The lowest BCUT2D eigenvalue weighted by molar-refractivity contribution is -0.280. The Bertz CT molecular complexity index is 1290. The normalized spacial score (nSPS) is 37.9. The fourth-order valence-electron chi connectivity index (χ4n) is 9.24. The zero-order chi connectivity index (χ0) is 24.4. The van der Waals surface area contributed by atoms with Crippen molar-refractivity contribution in [2.24, 2.45) is 5.92 Å². The lowest BCUT2D eigenvalue weighted by Gasteiger charge is -2.76. The van der Waals surface area contributed by atoms with Crippen LogP contribution >= 0.6 is 24.8 Å². The number of carbonyl (C=O) groups excluding carboxylic acids is 1. The Hall–Kier alpha value is -2.03. The Morgan fingerprint density at radius 3 is 2.61 bits per heavy atom. The van der Waals surface area contributed by atoms with E-state index in [0.717, 1.165) is 49.5 Å². The summed E-state index contributed by atoms with van der Waals surface area (Å²) in [5.74, 6) is 1.26. The average molecular weight is 561 g/mol. The highest BCUT2D eigenvalue weighted by Crippen LogP contribution is 2.72. The van der Waals surface area contributed by atoms with Crippen LogP contribution in [0.5, 0.6) is 11.5 Å². The molecule has 7 aliphatic rings. The highest BCUT2D eigenvalue weighted by molar-refractivity contribution is 5.96. The van der Waals surface area contributed by atoms with E-state index < -0.39 is 23.2 Å². The van der Waals surface area contributed by atoms with E-state index in [0.29, 0.717) is 12.2 Å². The summed E-state index contributed by atoms with van der Waals surface area (Å²) in [6.45, 7) is 2.06. The number of para-hydroxylation sites is 1. The quantitative estimate of drug-likeness (QED) is 0.531. The number of nitrogens with zero attached hydrogens (tertiary/aromatic N) is 2. The molecule has 6 atom stereocenters. The number of benzene rings is 2. The summed E-state index contributed by atoms with van der Waals surface area (Å²) >= 11 is 0. The third kappa shape index (κ3) is 2.95. The van der Waals surface area contributed by atoms with Gasteiger partial charge in [-0.3, -0.25) is 14.6 Å². The molecule has 4 bridgehead atoms. The number of fused-ring (bicyclic) bond motifs is 2. The van der Waals surface area contributed by atoms with Gasteiger partial charge >= 0.3 is 0 Å². The van der Waals surface area contributed by atoms with Crippen molar-refractivity contribution in [2.75, 3.05) is 25.5 Å². The Balaban J connectivity index is 0.00000132. The fraction of sp³-hybridized carbons (Fsp3) is 0.552. The van der Waals surface area contributed by atoms with Crippen LogP contribution < -0.4 is 10.1 Å². The minimum Gasteiger partial charge on any atom is -0.504 e. The Kier molecular flexibility index (Phi) is 5.85. The van der Waals surface area contributed by atoms with Crippen LogP contribution in [0.15, 0.2) is 42.5 Å². The number of aliphatic hydroxyl groups is 1. The van der Waals surface area contributed by atoms with Gasteiger partial charge in [-0.25, -0.2) is 0 Å². The van der Waals surface area contributed by atoms with Gasteiger partial charge in [0.15, 0.2) is 11.5 Å². The van der Waals surface area contributed by atoms with Crippen molar-refractivity contribution in [1.82, 2.24) is 9.80 Å². The van der Waals surface area contributed by atoms with Crippen LogP contribution in [-0.4, -0.2) is 75.4 Å². The van der Waals surface area contributed by atoms with Gasteiger partial charge in [-0.1, -0.05) is 24.3 Å². The number of nitrogens with one attached hydrogen (secondary N) is 1. The van der Waals surface area contributed by atoms with Gasteiger partial charge in [0, 0.05) is 23.8 Å². The summed E-state index contributed by atoms with van der Waals surface area (Å²) in [6, 6.07) is 12.8. The summed E-state index contributed by atoms with van der Waals surface area (Å²) < 4.78 is 6.62. The van der Waals surface area contributed by atoms with Crippen LogP contribution in [0.3, 0.4) is 0 Å². The van der Waals surface area contributed by atoms with Crippen LogP contribution in [0.25, 0.3) is 0 Å². The zero-order valence-electron chi connectivity index (χ0n) is 21.4. The Morgan fingerprint density at radius 2 is 1.87 bits per heavy atom. The van der Waals surface area contributed by atoms with Crippen molar-refractivity contribution in [3.8, 4) is 11.5 Å². The summed E-state index contributed by atoms with van der Waals surface area (Å²) in [6.07, 6.45) is 5.12. The third-order valence-corrected chi connectivity index (χ3v) is 10.7. The second-order valence-electron chi connectivity index (χ2n) is 12.1. The summed E-state index contributed by atoms with van der Waals surface area (Å²) in [7, 11) is 2.05. The number of likely N-dealkylation sites (tertiary alicyclic amines) is 1. The van der Waals surface area contributed by atoms with Crippen molar-refractivity contribution < 1.29 is 19.7 Å². The molecule has 9 heteroatoms. The van der Waals surface area contributed by atoms with Gasteiger partial charge in [-0.2, -0.15) is 0 Å².